The molecule has 0 aliphatic carbocycles. The Labute approximate surface area is 120 Å². The topological polar surface area (TPSA) is 39.1 Å². The molecule has 0 bridgehead atoms. The molecule has 0 spiro atoms. The molecule has 1 aromatic heterocycles. The highest BCUT2D eigenvalue weighted by Gasteiger charge is 2.08. The zero-order chi connectivity index (χ0) is 14.4. The van der Waals surface area contributed by atoms with E-state index in [0.717, 1.165) is 31.1 Å². The molecule has 1 N–H and O–H groups in total. The van der Waals surface area contributed by atoms with Crippen molar-refractivity contribution in [3.63, 3.8) is 0 Å². The van der Waals surface area contributed by atoms with Crippen LogP contribution in [0.25, 0.3) is 0 Å². The van der Waals surface area contributed by atoms with E-state index in [4.69, 9.17) is 4.74 Å². The zero-order valence-corrected chi connectivity index (χ0v) is 12.5. The van der Waals surface area contributed by atoms with Gasteiger partial charge in [0.1, 0.15) is 12.4 Å². The molecule has 108 valence electrons. The quantitative estimate of drug-likeness (QED) is 0.843. The van der Waals surface area contributed by atoms with Crippen LogP contribution in [0.15, 0.2) is 30.7 Å². The molecular formula is C16H23N3O. The van der Waals surface area contributed by atoms with Gasteiger partial charge in [-0.25, -0.2) is 4.98 Å². The third kappa shape index (κ3) is 3.39. The summed E-state index contributed by atoms with van der Waals surface area (Å²) in [4.78, 5) is 4.17. The molecule has 2 aromatic rings. The maximum Gasteiger partial charge on any atom is 0.130 e. The lowest BCUT2D eigenvalue weighted by molar-refractivity contribution is 0.289. The van der Waals surface area contributed by atoms with E-state index >= 15 is 0 Å². The lowest BCUT2D eigenvalue weighted by atomic mass is 10.1. The van der Waals surface area contributed by atoms with E-state index in [1.54, 1.807) is 0 Å². The monoisotopic (exact) mass is 273 g/mol. The second-order valence-corrected chi connectivity index (χ2v) is 4.80. The van der Waals surface area contributed by atoms with Gasteiger partial charge in [-0.1, -0.05) is 25.1 Å². The van der Waals surface area contributed by atoms with Gasteiger partial charge in [-0.2, -0.15) is 0 Å². The minimum absolute atomic E-state index is 0.553. The molecule has 0 saturated heterocycles. The number of benzene rings is 1. The van der Waals surface area contributed by atoms with E-state index in [1.165, 1.54) is 11.1 Å². The number of imidazole rings is 1. The lowest BCUT2D eigenvalue weighted by Gasteiger charge is -2.15. The Morgan fingerprint density at radius 3 is 2.90 bits per heavy atom. The van der Waals surface area contributed by atoms with Gasteiger partial charge in [0.15, 0.2) is 0 Å². The maximum atomic E-state index is 6.05. The second-order valence-electron chi connectivity index (χ2n) is 4.80. The Bertz CT molecular complexity index is 548. The van der Waals surface area contributed by atoms with Crippen LogP contribution in [-0.2, 0) is 19.7 Å². The molecule has 0 amide bonds. The Morgan fingerprint density at radius 2 is 2.15 bits per heavy atom. The number of aryl methyl sites for hydroxylation is 2. The molecule has 4 nitrogen and oxygen atoms in total. The van der Waals surface area contributed by atoms with Gasteiger partial charge < -0.3 is 14.6 Å². The molecule has 0 atom stereocenters. The summed E-state index contributed by atoms with van der Waals surface area (Å²) in [5.41, 5.74) is 3.47. The molecule has 0 radical (unpaired) electrons. The van der Waals surface area contributed by atoms with Crippen molar-refractivity contribution in [3.05, 3.63) is 47.5 Å². The molecule has 0 saturated carbocycles. The first-order valence-electron chi connectivity index (χ1n) is 7.17. The van der Waals surface area contributed by atoms with Crippen LogP contribution in [0.5, 0.6) is 5.75 Å². The van der Waals surface area contributed by atoms with Crippen molar-refractivity contribution in [1.82, 2.24) is 14.9 Å². The van der Waals surface area contributed by atoms with Crippen LogP contribution in [0.3, 0.4) is 0 Å². The summed E-state index contributed by atoms with van der Waals surface area (Å²) >= 11 is 0. The molecular weight excluding hydrogens is 250 g/mol. The predicted octanol–water partition coefficient (Wildman–Crippen LogP) is 2.90. The minimum Gasteiger partial charge on any atom is -0.487 e. The highest BCUT2D eigenvalue weighted by Crippen LogP contribution is 2.24. The molecule has 2 rings (SSSR count). The first kappa shape index (κ1) is 14.6. The van der Waals surface area contributed by atoms with Gasteiger partial charge in [0.2, 0.25) is 0 Å². The highest BCUT2D eigenvalue weighted by atomic mass is 16.5. The molecule has 20 heavy (non-hydrogen) atoms. The van der Waals surface area contributed by atoms with Crippen molar-refractivity contribution in [2.75, 3.05) is 6.54 Å². The van der Waals surface area contributed by atoms with Crippen LogP contribution in [0, 0.1) is 6.92 Å². The van der Waals surface area contributed by atoms with Crippen molar-refractivity contribution < 1.29 is 4.74 Å². The molecule has 0 aliphatic rings. The Morgan fingerprint density at radius 1 is 1.30 bits per heavy atom. The molecule has 0 fully saturated rings. The average molecular weight is 273 g/mol. The second kappa shape index (κ2) is 7.10. The Hall–Kier alpha value is -1.81. The normalized spacial score (nSPS) is 10.8. The van der Waals surface area contributed by atoms with Gasteiger partial charge >= 0.3 is 0 Å². The first-order chi connectivity index (χ1) is 9.76. The smallest absolute Gasteiger partial charge is 0.130 e. The predicted molar refractivity (Wildman–Crippen MR) is 80.8 cm³/mol. The summed E-state index contributed by atoms with van der Waals surface area (Å²) in [7, 11) is 0. The van der Waals surface area contributed by atoms with Crippen molar-refractivity contribution in [3.8, 4) is 5.75 Å². The van der Waals surface area contributed by atoms with Gasteiger partial charge in [-0.15, -0.1) is 0 Å². The van der Waals surface area contributed by atoms with Gasteiger partial charge in [-0.3, -0.25) is 0 Å². The summed E-state index contributed by atoms with van der Waals surface area (Å²) in [6.07, 6.45) is 3.71. The average Bonchev–Trinajstić information content (AvgIpc) is 2.91. The van der Waals surface area contributed by atoms with Crippen molar-refractivity contribution in [2.24, 2.45) is 0 Å². The lowest BCUT2D eigenvalue weighted by Crippen LogP contribution is -2.13. The standard InChI is InChI=1S/C16H23N3O/c1-4-17-9-14-8-6-7-13(3)16(14)20-11-15-10-18-12-19(15)5-2/h6-8,10,12,17H,4-5,9,11H2,1-3H3. The Balaban J connectivity index is 2.12. The first-order valence-corrected chi connectivity index (χ1v) is 7.17. The SMILES string of the molecule is CCNCc1cccc(C)c1OCc1cncn1CC. The molecule has 1 aromatic carbocycles. The third-order valence-electron chi connectivity index (χ3n) is 3.36. The largest absolute Gasteiger partial charge is 0.487 e. The summed E-state index contributed by atoms with van der Waals surface area (Å²) in [5, 5.41) is 3.35. The van der Waals surface area contributed by atoms with Gasteiger partial charge in [0.25, 0.3) is 0 Å². The summed E-state index contributed by atoms with van der Waals surface area (Å²) in [5.74, 6) is 0.984. The highest BCUT2D eigenvalue weighted by molar-refractivity contribution is 5.40. The molecule has 0 unspecified atom stereocenters. The van der Waals surface area contributed by atoms with Crippen LogP contribution in [0.4, 0.5) is 0 Å². The van der Waals surface area contributed by atoms with Crippen molar-refractivity contribution >= 4 is 0 Å². The summed E-state index contributed by atoms with van der Waals surface area (Å²) in [6.45, 7) is 9.55. The number of hydrogen-bond acceptors (Lipinski definition) is 3. The van der Waals surface area contributed by atoms with E-state index in [2.05, 4.69) is 53.8 Å². The number of para-hydroxylation sites is 1. The third-order valence-corrected chi connectivity index (χ3v) is 3.36. The zero-order valence-electron chi connectivity index (χ0n) is 12.5. The van der Waals surface area contributed by atoms with Crippen LogP contribution in [0.1, 0.15) is 30.7 Å². The van der Waals surface area contributed by atoms with Crippen LogP contribution in [0.2, 0.25) is 0 Å². The number of nitrogens with one attached hydrogen (secondary N) is 1. The van der Waals surface area contributed by atoms with Crippen LogP contribution < -0.4 is 10.1 Å². The molecule has 4 heteroatoms. The number of aromatic nitrogens is 2. The number of hydrogen-bond donors (Lipinski definition) is 1. The minimum atomic E-state index is 0.553. The van der Waals surface area contributed by atoms with Gasteiger partial charge in [0, 0.05) is 18.7 Å². The van der Waals surface area contributed by atoms with E-state index in [9.17, 15) is 0 Å². The molecule has 0 aliphatic heterocycles. The van der Waals surface area contributed by atoms with Gasteiger partial charge in [0.05, 0.1) is 18.2 Å². The van der Waals surface area contributed by atoms with Crippen molar-refractivity contribution in [1.29, 1.82) is 0 Å². The fourth-order valence-corrected chi connectivity index (χ4v) is 2.22. The fourth-order valence-electron chi connectivity index (χ4n) is 2.22. The Kier molecular flexibility index (Phi) is 5.18. The van der Waals surface area contributed by atoms with Crippen LogP contribution in [-0.4, -0.2) is 16.1 Å². The van der Waals surface area contributed by atoms with E-state index in [0.29, 0.717) is 6.61 Å². The van der Waals surface area contributed by atoms with E-state index < -0.39 is 0 Å². The summed E-state index contributed by atoms with van der Waals surface area (Å²) < 4.78 is 8.15. The summed E-state index contributed by atoms with van der Waals surface area (Å²) in [6, 6.07) is 6.27. The van der Waals surface area contributed by atoms with Gasteiger partial charge in [-0.05, 0) is 26.0 Å². The maximum absolute atomic E-state index is 6.05. The molecule has 1 heterocycles. The van der Waals surface area contributed by atoms with E-state index in [1.807, 2.05) is 12.5 Å². The number of ether oxygens (including phenoxy) is 1. The number of rotatable bonds is 7. The van der Waals surface area contributed by atoms with Crippen LogP contribution >= 0.6 is 0 Å². The van der Waals surface area contributed by atoms with Crippen molar-refractivity contribution in [2.45, 2.75) is 40.5 Å². The van der Waals surface area contributed by atoms with E-state index in [-0.39, 0.29) is 0 Å². The fraction of sp³-hybridized carbons (Fsp3) is 0.438. The number of nitrogens with zero attached hydrogens (tertiary/aromatic N) is 2.